The molecule has 1 aromatic heterocycles. The van der Waals surface area contributed by atoms with Gasteiger partial charge >= 0.3 is 0 Å². The maximum atomic E-state index is 12.8. The number of benzene rings is 3. The molecule has 5 rings (SSSR count). The Morgan fingerprint density at radius 1 is 1.05 bits per heavy atom. The maximum Gasteiger partial charge on any atom is 0.188 e. The number of para-hydroxylation sites is 1. The molecule has 0 saturated carbocycles. The standard InChI is InChI=1S/C28H25N3O8/c1-36-24-6-4-3-5-19(24)23(35)14-31-13-17(29-30-31)15-38-18-10-21(33)28-22(34)12-26(39-27(28)11-18)16-7-8-25(37-2)20(32)9-16/h3-11,13,26,32-33H,12,14-15H2,1-2H3/t26-/m0/s1. The molecule has 0 aliphatic carbocycles. The molecule has 0 radical (unpaired) electrons. The van der Waals surface area contributed by atoms with Crippen LogP contribution in [0.4, 0.5) is 0 Å². The van der Waals surface area contributed by atoms with Gasteiger partial charge < -0.3 is 29.2 Å². The Hall–Kier alpha value is -5.06. The van der Waals surface area contributed by atoms with E-state index < -0.39 is 6.10 Å². The van der Waals surface area contributed by atoms with Gasteiger partial charge in [0.25, 0.3) is 0 Å². The summed E-state index contributed by atoms with van der Waals surface area (Å²) in [4.78, 5) is 25.5. The summed E-state index contributed by atoms with van der Waals surface area (Å²) in [6.07, 6.45) is 0.901. The summed E-state index contributed by atoms with van der Waals surface area (Å²) >= 11 is 0. The van der Waals surface area contributed by atoms with Crippen LogP contribution in [-0.2, 0) is 13.2 Å². The quantitative estimate of drug-likeness (QED) is 0.306. The number of aromatic hydroxyl groups is 2. The van der Waals surface area contributed by atoms with E-state index in [0.717, 1.165) is 0 Å². The molecule has 200 valence electrons. The van der Waals surface area contributed by atoms with Crippen LogP contribution < -0.4 is 18.9 Å². The van der Waals surface area contributed by atoms with Gasteiger partial charge in [-0.25, -0.2) is 4.68 Å². The molecule has 2 N–H and O–H groups in total. The topological polar surface area (TPSA) is 142 Å². The minimum Gasteiger partial charge on any atom is -0.507 e. The van der Waals surface area contributed by atoms with Gasteiger partial charge in [0.05, 0.1) is 32.4 Å². The van der Waals surface area contributed by atoms with E-state index in [1.807, 2.05) is 0 Å². The normalized spacial score (nSPS) is 14.3. The zero-order chi connectivity index (χ0) is 27.5. The Bertz CT molecular complexity index is 1550. The number of carbonyl (C=O) groups excluding carboxylic acids is 2. The predicted octanol–water partition coefficient (Wildman–Crippen LogP) is 3.87. The van der Waals surface area contributed by atoms with Crippen LogP contribution in [0.15, 0.2) is 60.8 Å². The molecule has 11 nitrogen and oxygen atoms in total. The van der Waals surface area contributed by atoms with Crippen LogP contribution in [0.1, 0.15) is 44.5 Å². The Morgan fingerprint density at radius 2 is 1.85 bits per heavy atom. The molecular weight excluding hydrogens is 506 g/mol. The highest BCUT2D eigenvalue weighted by atomic mass is 16.5. The second kappa shape index (κ2) is 10.7. The molecule has 0 unspecified atom stereocenters. The minimum atomic E-state index is -0.669. The van der Waals surface area contributed by atoms with Gasteiger partial charge in [0.15, 0.2) is 23.1 Å². The molecule has 1 aliphatic heterocycles. The van der Waals surface area contributed by atoms with Gasteiger partial charge in [-0.1, -0.05) is 23.4 Å². The van der Waals surface area contributed by atoms with Crippen LogP contribution in [0.5, 0.6) is 34.5 Å². The number of hydrogen-bond acceptors (Lipinski definition) is 10. The summed E-state index contributed by atoms with van der Waals surface area (Å²) in [6.45, 7) is -0.0456. The van der Waals surface area contributed by atoms with Gasteiger partial charge in [-0.05, 0) is 29.8 Å². The van der Waals surface area contributed by atoms with E-state index in [1.54, 1.807) is 42.6 Å². The van der Waals surface area contributed by atoms with Crippen molar-refractivity contribution >= 4 is 11.6 Å². The Labute approximate surface area is 223 Å². The van der Waals surface area contributed by atoms with Gasteiger partial charge in [-0.15, -0.1) is 5.10 Å². The number of Topliss-reactive ketones (excluding diaryl/α,β-unsaturated/α-hetero) is 2. The number of ether oxygens (including phenoxy) is 4. The van der Waals surface area contributed by atoms with E-state index in [9.17, 15) is 19.8 Å². The Balaban J connectivity index is 1.27. The fraction of sp³-hybridized carbons (Fsp3) is 0.214. The third kappa shape index (κ3) is 5.33. The van der Waals surface area contributed by atoms with Crippen LogP contribution in [0, 0.1) is 0 Å². The lowest BCUT2D eigenvalue weighted by Gasteiger charge is -2.26. The predicted molar refractivity (Wildman–Crippen MR) is 137 cm³/mol. The van der Waals surface area contributed by atoms with E-state index in [0.29, 0.717) is 28.3 Å². The lowest BCUT2D eigenvalue weighted by atomic mass is 9.95. The molecule has 0 fully saturated rings. The largest absolute Gasteiger partial charge is 0.507 e. The maximum absolute atomic E-state index is 12.8. The van der Waals surface area contributed by atoms with Crippen molar-refractivity contribution < 1.29 is 38.7 Å². The van der Waals surface area contributed by atoms with Crippen molar-refractivity contribution in [3.63, 3.8) is 0 Å². The smallest absolute Gasteiger partial charge is 0.188 e. The van der Waals surface area contributed by atoms with Crippen LogP contribution >= 0.6 is 0 Å². The van der Waals surface area contributed by atoms with Gasteiger partial charge in [0.2, 0.25) is 0 Å². The number of carbonyl (C=O) groups is 2. The Morgan fingerprint density at radius 3 is 2.62 bits per heavy atom. The molecule has 0 saturated heterocycles. The lowest BCUT2D eigenvalue weighted by molar-refractivity contribution is 0.0843. The van der Waals surface area contributed by atoms with Crippen molar-refractivity contribution in [3.05, 3.63) is 83.2 Å². The molecule has 4 aromatic rings. The number of phenols is 2. The molecule has 1 aliphatic rings. The average Bonchev–Trinajstić information content (AvgIpc) is 3.38. The van der Waals surface area contributed by atoms with Crippen molar-refractivity contribution in [1.29, 1.82) is 0 Å². The monoisotopic (exact) mass is 531 g/mol. The number of rotatable bonds is 9. The van der Waals surface area contributed by atoms with Crippen molar-refractivity contribution in [2.45, 2.75) is 25.7 Å². The number of fused-ring (bicyclic) bond motifs is 1. The minimum absolute atomic E-state index is 0.00912. The third-order valence-electron chi connectivity index (χ3n) is 6.23. The molecule has 0 bridgehead atoms. The first kappa shape index (κ1) is 25.6. The molecular formula is C28H25N3O8. The number of nitrogens with zero attached hydrogens (tertiary/aromatic N) is 3. The van der Waals surface area contributed by atoms with E-state index in [1.165, 1.54) is 37.1 Å². The molecule has 0 spiro atoms. The van der Waals surface area contributed by atoms with Crippen molar-refractivity contribution in [2.75, 3.05) is 14.2 Å². The second-order valence-corrected chi connectivity index (χ2v) is 8.80. The highest BCUT2D eigenvalue weighted by molar-refractivity contribution is 6.02. The molecule has 39 heavy (non-hydrogen) atoms. The zero-order valence-corrected chi connectivity index (χ0v) is 21.2. The zero-order valence-electron chi connectivity index (χ0n) is 21.2. The van der Waals surface area contributed by atoms with E-state index in [-0.39, 0.29) is 59.7 Å². The van der Waals surface area contributed by atoms with Crippen molar-refractivity contribution in [2.24, 2.45) is 0 Å². The first-order valence-corrected chi connectivity index (χ1v) is 12.0. The summed E-state index contributed by atoms with van der Waals surface area (Å²) < 4.78 is 23.5. The first-order valence-electron chi connectivity index (χ1n) is 12.0. The van der Waals surface area contributed by atoms with E-state index in [2.05, 4.69) is 10.3 Å². The second-order valence-electron chi connectivity index (χ2n) is 8.80. The summed E-state index contributed by atoms with van der Waals surface area (Å²) in [7, 11) is 2.94. The first-order chi connectivity index (χ1) is 18.9. The highest BCUT2D eigenvalue weighted by Gasteiger charge is 2.31. The van der Waals surface area contributed by atoms with Gasteiger partial charge in [-0.3, -0.25) is 9.59 Å². The molecule has 2 heterocycles. The molecule has 1 atom stereocenters. The molecule has 0 amide bonds. The highest BCUT2D eigenvalue weighted by Crippen LogP contribution is 2.43. The summed E-state index contributed by atoms with van der Waals surface area (Å²) in [5.41, 5.74) is 1.54. The van der Waals surface area contributed by atoms with Gasteiger partial charge in [0.1, 0.15) is 53.5 Å². The number of phenolic OH excluding ortho intramolecular Hbond substituents is 2. The van der Waals surface area contributed by atoms with Crippen molar-refractivity contribution in [1.82, 2.24) is 15.0 Å². The fourth-order valence-electron chi connectivity index (χ4n) is 4.34. The number of ketones is 2. The average molecular weight is 532 g/mol. The molecule has 11 heteroatoms. The fourth-order valence-corrected chi connectivity index (χ4v) is 4.34. The Kier molecular flexibility index (Phi) is 7.04. The number of hydrogen-bond donors (Lipinski definition) is 2. The van der Waals surface area contributed by atoms with Crippen LogP contribution in [-0.4, -0.2) is 51.0 Å². The summed E-state index contributed by atoms with van der Waals surface area (Å²) in [6, 6.07) is 14.5. The van der Waals surface area contributed by atoms with Gasteiger partial charge in [0, 0.05) is 12.1 Å². The van der Waals surface area contributed by atoms with Gasteiger partial charge in [-0.2, -0.15) is 0 Å². The van der Waals surface area contributed by atoms with Crippen LogP contribution in [0.2, 0.25) is 0 Å². The summed E-state index contributed by atoms with van der Waals surface area (Å²) in [5.74, 6) is 0.351. The SMILES string of the molecule is COc1ccc([C@@H]2CC(=O)c3c(O)cc(OCc4cn(CC(=O)c5ccccc5OC)nn4)cc3O2)cc1O. The number of aromatic nitrogens is 3. The lowest BCUT2D eigenvalue weighted by Crippen LogP contribution is -2.20. The van der Waals surface area contributed by atoms with E-state index in [4.69, 9.17) is 18.9 Å². The number of methoxy groups -OCH3 is 2. The van der Waals surface area contributed by atoms with E-state index >= 15 is 0 Å². The van der Waals surface area contributed by atoms with Crippen molar-refractivity contribution in [3.8, 4) is 34.5 Å². The molecule has 3 aromatic carbocycles. The van der Waals surface area contributed by atoms with Crippen LogP contribution in [0.25, 0.3) is 0 Å². The third-order valence-corrected chi connectivity index (χ3v) is 6.23. The summed E-state index contributed by atoms with van der Waals surface area (Å²) in [5, 5.41) is 28.7. The van der Waals surface area contributed by atoms with Crippen LogP contribution in [0.3, 0.4) is 0 Å².